The molecular formula is C14H14O4. The van der Waals surface area contributed by atoms with Crippen molar-refractivity contribution in [2.75, 3.05) is 6.79 Å². The van der Waals surface area contributed by atoms with E-state index in [0.29, 0.717) is 6.79 Å². The number of rotatable bonds is 5. The summed E-state index contributed by atoms with van der Waals surface area (Å²) in [7, 11) is 0. The van der Waals surface area contributed by atoms with Crippen molar-refractivity contribution in [1.29, 1.82) is 0 Å². The number of carbonyl (C=O) groups is 1. The van der Waals surface area contributed by atoms with Gasteiger partial charge in [-0.2, -0.15) is 0 Å². The molecule has 0 saturated carbocycles. The van der Waals surface area contributed by atoms with Crippen LogP contribution >= 0.6 is 0 Å². The Morgan fingerprint density at radius 3 is 2.94 bits per heavy atom. The van der Waals surface area contributed by atoms with Gasteiger partial charge in [0.1, 0.15) is 0 Å². The lowest BCUT2D eigenvalue weighted by atomic mass is 10.1. The number of fused-ring (bicyclic) bond motifs is 1. The molecule has 0 radical (unpaired) electrons. The first-order chi connectivity index (χ1) is 8.75. The molecule has 1 aromatic carbocycles. The van der Waals surface area contributed by atoms with Crippen LogP contribution < -0.4 is 9.47 Å². The van der Waals surface area contributed by atoms with E-state index in [1.807, 2.05) is 24.3 Å². The molecule has 94 valence electrons. The lowest BCUT2D eigenvalue weighted by molar-refractivity contribution is -0.131. The molecule has 1 aliphatic rings. The molecule has 0 amide bonds. The minimum Gasteiger partial charge on any atom is -0.478 e. The molecular weight excluding hydrogens is 232 g/mol. The Morgan fingerprint density at radius 2 is 2.11 bits per heavy atom. The lowest BCUT2D eigenvalue weighted by Gasteiger charge is -2.00. The van der Waals surface area contributed by atoms with Gasteiger partial charge in [0.2, 0.25) is 6.79 Å². The van der Waals surface area contributed by atoms with Crippen LogP contribution in [0.2, 0.25) is 0 Å². The van der Waals surface area contributed by atoms with Crippen molar-refractivity contribution in [3.63, 3.8) is 0 Å². The third kappa shape index (κ3) is 3.38. The van der Waals surface area contributed by atoms with Gasteiger partial charge in [0.05, 0.1) is 0 Å². The number of allylic oxidation sites excluding steroid dienone is 3. The first-order valence-electron chi connectivity index (χ1n) is 5.70. The van der Waals surface area contributed by atoms with E-state index in [-0.39, 0.29) is 0 Å². The zero-order valence-electron chi connectivity index (χ0n) is 9.83. The summed E-state index contributed by atoms with van der Waals surface area (Å²) < 4.78 is 10.5. The smallest absolute Gasteiger partial charge is 0.328 e. The fraction of sp³-hybridized carbons (Fsp3) is 0.214. The van der Waals surface area contributed by atoms with Crippen LogP contribution in [0, 0.1) is 0 Å². The molecule has 0 fully saturated rings. The lowest BCUT2D eigenvalue weighted by Crippen LogP contribution is -1.92. The van der Waals surface area contributed by atoms with E-state index in [1.54, 1.807) is 6.08 Å². The van der Waals surface area contributed by atoms with Crippen LogP contribution in [-0.2, 0) is 11.2 Å². The van der Waals surface area contributed by atoms with Crippen LogP contribution in [0.4, 0.5) is 0 Å². The Bertz CT molecular complexity index is 489. The highest BCUT2D eigenvalue weighted by Crippen LogP contribution is 2.32. The first-order valence-corrected chi connectivity index (χ1v) is 5.70. The minimum atomic E-state index is -0.935. The summed E-state index contributed by atoms with van der Waals surface area (Å²) >= 11 is 0. The highest BCUT2D eigenvalue weighted by atomic mass is 16.7. The standard InChI is InChI=1S/C14H14O4/c15-14(16)6-4-2-1-3-5-11-7-8-12-13(9-11)18-10-17-12/h1-2,4,6-9H,3,5,10H2,(H,15,16)/b2-1+,6-4+. The second kappa shape index (κ2) is 5.91. The van der Waals surface area contributed by atoms with Crippen LogP contribution in [0.5, 0.6) is 11.5 Å². The summed E-state index contributed by atoms with van der Waals surface area (Å²) in [6, 6.07) is 5.89. The molecule has 0 spiro atoms. The van der Waals surface area contributed by atoms with E-state index in [2.05, 4.69) is 0 Å². The molecule has 4 heteroatoms. The van der Waals surface area contributed by atoms with E-state index in [1.165, 1.54) is 11.6 Å². The average Bonchev–Trinajstić information content (AvgIpc) is 2.80. The van der Waals surface area contributed by atoms with Crippen LogP contribution in [0.1, 0.15) is 12.0 Å². The van der Waals surface area contributed by atoms with Crippen molar-refractivity contribution in [1.82, 2.24) is 0 Å². The van der Waals surface area contributed by atoms with Crippen molar-refractivity contribution in [3.05, 3.63) is 48.1 Å². The van der Waals surface area contributed by atoms with Gasteiger partial charge in [0, 0.05) is 6.08 Å². The number of carboxylic acids is 1. The topological polar surface area (TPSA) is 55.8 Å². The Labute approximate surface area is 105 Å². The minimum absolute atomic E-state index is 0.290. The second-order valence-electron chi connectivity index (χ2n) is 3.85. The normalized spacial score (nSPS) is 13.6. The fourth-order valence-electron chi connectivity index (χ4n) is 1.66. The number of ether oxygens (including phenoxy) is 2. The molecule has 1 aliphatic heterocycles. The van der Waals surface area contributed by atoms with Crippen LogP contribution in [-0.4, -0.2) is 17.9 Å². The van der Waals surface area contributed by atoms with E-state index < -0.39 is 5.97 Å². The maximum absolute atomic E-state index is 10.2. The van der Waals surface area contributed by atoms with Gasteiger partial charge < -0.3 is 14.6 Å². The predicted octanol–water partition coefficient (Wildman–Crippen LogP) is 2.54. The van der Waals surface area contributed by atoms with Crippen molar-refractivity contribution in [2.45, 2.75) is 12.8 Å². The maximum atomic E-state index is 10.2. The number of benzene rings is 1. The van der Waals surface area contributed by atoms with Crippen LogP contribution in [0.15, 0.2) is 42.5 Å². The highest BCUT2D eigenvalue weighted by Gasteiger charge is 2.12. The average molecular weight is 246 g/mol. The van der Waals surface area contributed by atoms with Crippen LogP contribution in [0.3, 0.4) is 0 Å². The SMILES string of the molecule is O=C(O)/C=C/C=C/CCc1ccc2c(c1)OCO2. The molecule has 0 saturated heterocycles. The number of hydrogen-bond acceptors (Lipinski definition) is 3. The summed E-state index contributed by atoms with van der Waals surface area (Å²) in [6.07, 6.45) is 8.03. The van der Waals surface area contributed by atoms with Gasteiger partial charge in [-0.05, 0) is 30.5 Å². The summed E-state index contributed by atoms with van der Waals surface area (Å²) in [4.78, 5) is 10.2. The van der Waals surface area contributed by atoms with Crippen LogP contribution in [0.25, 0.3) is 0 Å². The quantitative estimate of drug-likeness (QED) is 0.640. The molecule has 18 heavy (non-hydrogen) atoms. The van der Waals surface area contributed by atoms with Gasteiger partial charge in [0.15, 0.2) is 11.5 Å². The monoisotopic (exact) mass is 246 g/mol. The summed E-state index contributed by atoms with van der Waals surface area (Å²) in [5.74, 6) is 0.649. The largest absolute Gasteiger partial charge is 0.478 e. The van der Waals surface area contributed by atoms with E-state index in [4.69, 9.17) is 14.6 Å². The predicted molar refractivity (Wildman–Crippen MR) is 66.8 cm³/mol. The number of aryl methyl sites for hydroxylation is 1. The summed E-state index contributed by atoms with van der Waals surface area (Å²) in [5.41, 5.74) is 1.17. The van der Waals surface area contributed by atoms with Gasteiger partial charge >= 0.3 is 5.97 Å². The molecule has 1 aromatic rings. The molecule has 0 aliphatic carbocycles. The molecule has 4 nitrogen and oxygen atoms in total. The molecule has 1 N–H and O–H groups in total. The third-order valence-corrected chi connectivity index (χ3v) is 2.52. The van der Waals surface area contributed by atoms with Gasteiger partial charge in [-0.1, -0.05) is 24.3 Å². The van der Waals surface area contributed by atoms with Crippen molar-refractivity contribution in [2.24, 2.45) is 0 Å². The maximum Gasteiger partial charge on any atom is 0.328 e. The summed E-state index contributed by atoms with van der Waals surface area (Å²) in [6.45, 7) is 0.290. The van der Waals surface area contributed by atoms with Gasteiger partial charge in [-0.15, -0.1) is 0 Å². The molecule has 0 aromatic heterocycles. The molecule has 0 atom stereocenters. The van der Waals surface area contributed by atoms with E-state index >= 15 is 0 Å². The van der Waals surface area contributed by atoms with Crippen molar-refractivity contribution >= 4 is 5.97 Å². The zero-order valence-corrected chi connectivity index (χ0v) is 9.83. The van der Waals surface area contributed by atoms with E-state index in [9.17, 15) is 4.79 Å². The Hall–Kier alpha value is -2.23. The number of aliphatic carboxylic acids is 1. The highest BCUT2D eigenvalue weighted by molar-refractivity contribution is 5.80. The molecule has 0 bridgehead atoms. The van der Waals surface area contributed by atoms with Gasteiger partial charge in [-0.3, -0.25) is 0 Å². The zero-order chi connectivity index (χ0) is 12.8. The van der Waals surface area contributed by atoms with Gasteiger partial charge in [-0.25, -0.2) is 4.79 Å². The Balaban J connectivity index is 1.82. The molecule has 2 rings (SSSR count). The number of carboxylic acid groups (broad SMARTS) is 1. The Kier molecular flexibility index (Phi) is 4.02. The first kappa shape index (κ1) is 12.2. The van der Waals surface area contributed by atoms with Crippen molar-refractivity contribution < 1.29 is 19.4 Å². The van der Waals surface area contributed by atoms with Gasteiger partial charge in [0.25, 0.3) is 0 Å². The fourth-order valence-corrected chi connectivity index (χ4v) is 1.66. The third-order valence-electron chi connectivity index (χ3n) is 2.52. The molecule has 1 heterocycles. The number of hydrogen-bond donors (Lipinski definition) is 1. The molecule has 0 unspecified atom stereocenters. The Morgan fingerprint density at radius 1 is 1.28 bits per heavy atom. The van der Waals surface area contributed by atoms with Crippen molar-refractivity contribution in [3.8, 4) is 11.5 Å². The second-order valence-corrected chi connectivity index (χ2v) is 3.85. The van der Waals surface area contributed by atoms with E-state index in [0.717, 1.165) is 30.4 Å². The summed E-state index contributed by atoms with van der Waals surface area (Å²) in [5, 5.41) is 8.39.